The first-order valence-corrected chi connectivity index (χ1v) is 9.51. The van der Waals surface area contributed by atoms with Gasteiger partial charge in [0.1, 0.15) is 5.75 Å². The molecule has 0 unspecified atom stereocenters. The molecular weight excluding hydrogens is 344 g/mol. The molecule has 1 aromatic carbocycles. The zero-order chi connectivity index (χ0) is 19.3. The van der Waals surface area contributed by atoms with Crippen LogP contribution in [0.25, 0.3) is 5.53 Å². The molecule has 0 radical (unpaired) electrons. The first-order valence-electron chi connectivity index (χ1n) is 8.12. The number of anilines is 1. The Balaban J connectivity index is 0.000000550. The Bertz CT molecular complexity index is 687. The van der Waals surface area contributed by atoms with Gasteiger partial charge in [-0.15, -0.1) is 12.5 Å². The molecule has 0 amide bonds. The Hall–Kier alpha value is -1.71. The maximum absolute atomic E-state index is 10.9. The molecule has 1 aliphatic rings. The molecule has 0 atom stereocenters. The van der Waals surface area contributed by atoms with Crippen LogP contribution in [0.5, 0.6) is 5.75 Å². The van der Waals surface area contributed by atoms with E-state index >= 15 is 0 Å². The van der Waals surface area contributed by atoms with E-state index in [0.717, 1.165) is 36.1 Å². The summed E-state index contributed by atoms with van der Waals surface area (Å²) in [5.74, 6) is 0.451. The zero-order valence-electron chi connectivity index (χ0n) is 15.6. The highest BCUT2D eigenvalue weighted by Gasteiger charge is 2.22. The second kappa shape index (κ2) is 8.59. The Morgan fingerprint density at radius 1 is 1.16 bits per heavy atom. The summed E-state index contributed by atoms with van der Waals surface area (Å²) in [6.45, 7) is 1.83. The van der Waals surface area contributed by atoms with Crippen molar-refractivity contribution in [2.45, 2.75) is 19.3 Å². The molecular formula is C16H29N4O4S+. The van der Waals surface area contributed by atoms with Crippen LogP contribution in [0.1, 0.15) is 19.3 Å². The van der Waals surface area contributed by atoms with Crippen LogP contribution in [0.2, 0.25) is 0 Å². The van der Waals surface area contributed by atoms with Gasteiger partial charge in [0.05, 0.1) is 47.1 Å². The molecule has 9 heteroatoms. The smallest absolute Gasteiger partial charge is 0.494 e. The molecule has 0 bridgehead atoms. The third kappa shape index (κ3) is 7.37. The minimum Gasteiger partial charge on any atom is -0.494 e. The van der Waals surface area contributed by atoms with Gasteiger partial charge < -0.3 is 19.7 Å². The molecule has 142 valence electrons. The first kappa shape index (κ1) is 21.3. The van der Waals surface area contributed by atoms with E-state index in [-0.39, 0.29) is 9.79 Å². The van der Waals surface area contributed by atoms with Crippen molar-refractivity contribution < 1.29 is 26.3 Å². The van der Waals surface area contributed by atoms with E-state index < -0.39 is 10.3 Å². The third-order valence-corrected chi connectivity index (χ3v) is 3.95. The van der Waals surface area contributed by atoms with Gasteiger partial charge >= 0.3 is 10.3 Å². The van der Waals surface area contributed by atoms with Crippen molar-refractivity contribution in [1.82, 2.24) is 0 Å². The number of ether oxygens (including phenoxy) is 1. The topological polar surface area (TPSA) is 92.2 Å². The number of quaternary nitrogens is 1. The van der Waals surface area contributed by atoms with Gasteiger partial charge in [0.15, 0.2) is 0 Å². The number of nitrogens with zero attached hydrogens (tertiary/aromatic N) is 4. The van der Waals surface area contributed by atoms with Crippen LogP contribution < -0.4 is 9.64 Å². The van der Waals surface area contributed by atoms with E-state index in [0.29, 0.717) is 5.75 Å². The van der Waals surface area contributed by atoms with Crippen molar-refractivity contribution in [2.24, 2.45) is 0 Å². The number of methoxy groups -OCH3 is 1. The van der Waals surface area contributed by atoms with Crippen LogP contribution >= 0.6 is 0 Å². The lowest BCUT2D eigenvalue weighted by Gasteiger charge is -2.29. The Morgan fingerprint density at radius 2 is 1.68 bits per heavy atom. The van der Waals surface area contributed by atoms with E-state index in [2.05, 4.69) is 33.1 Å². The lowest BCUT2D eigenvalue weighted by atomic mass is 10.1. The van der Waals surface area contributed by atoms with Crippen LogP contribution in [0, 0.1) is 0 Å². The van der Waals surface area contributed by atoms with Gasteiger partial charge in [-0.05, 0) is 25.3 Å². The van der Waals surface area contributed by atoms with Crippen molar-refractivity contribution in [1.29, 1.82) is 0 Å². The second-order valence-electron chi connectivity index (χ2n) is 7.31. The molecule has 0 spiro atoms. The molecule has 1 aliphatic heterocycles. The Labute approximate surface area is 150 Å². The Kier molecular flexibility index (Phi) is 7.33. The molecule has 1 heterocycles. The van der Waals surface area contributed by atoms with Gasteiger partial charge in [0, 0.05) is 19.2 Å². The maximum Gasteiger partial charge on any atom is 0.501 e. The quantitative estimate of drug-likeness (QED) is 0.379. The summed E-state index contributed by atoms with van der Waals surface area (Å²) in [6, 6.07) is 4.46. The van der Waals surface area contributed by atoms with Crippen molar-refractivity contribution >= 4 is 21.7 Å². The lowest BCUT2D eigenvalue weighted by Crippen LogP contribution is -2.29. The monoisotopic (exact) mass is 373 g/mol. The predicted octanol–water partition coefficient (Wildman–Crippen LogP) is 2.48. The summed E-state index contributed by atoms with van der Waals surface area (Å²) in [5, 5.41) is 0. The van der Waals surface area contributed by atoms with Gasteiger partial charge in [-0.2, -0.15) is 0 Å². The summed E-state index contributed by atoms with van der Waals surface area (Å²) in [4.78, 5) is 2.15. The molecule has 1 fully saturated rings. The summed E-state index contributed by atoms with van der Waals surface area (Å²) in [7, 11) is 5.28. The van der Waals surface area contributed by atoms with Gasteiger partial charge in [-0.25, -0.2) is 4.55 Å². The van der Waals surface area contributed by atoms with Crippen molar-refractivity contribution in [3.63, 3.8) is 0 Å². The van der Waals surface area contributed by atoms with Gasteiger partial charge in [-0.1, -0.05) is 0 Å². The Morgan fingerprint density at radius 3 is 2.12 bits per heavy atom. The molecule has 0 aromatic heterocycles. The van der Waals surface area contributed by atoms with E-state index in [1.165, 1.54) is 25.7 Å². The number of piperidine rings is 1. The number of hydrogen-bond acceptors (Lipinski definition) is 4. The first-order chi connectivity index (χ1) is 11.4. The predicted molar refractivity (Wildman–Crippen MR) is 97.8 cm³/mol. The molecule has 1 N–H and O–H groups in total. The fourth-order valence-corrected chi connectivity index (χ4v) is 2.69. The van der Waals surface area contributed by atoms with Gasteiger partial charge in [0.25, 0.3) is 0 Å². The largest absolute Gasteiger partial charge is 0.501 e. The van der Waals surface area contributed by atoms with Crippen LogP contribution in [-0.4, -0.2) is 69.9 Å². The minimum absolute atomic E-state index is 0.0786. The highest BCUT2D eigenvalue weighted by molar-refractivity contribution is 7.79. The van der Waals surface area contributed by atoms with E-state index in [1.807, 2.05) is 0 Å². The summed E-state index contributed by atoms with van der Waals surface area (Å²) >= 11 is 0. The number of rotatable bonds is 4. The summed E-state index contributed by atoms with van der Waals surface area (Å²) in [6.07, 6.45) is 3.40. The normalized spacial score (nSPS) is 15.2. The molecule has 8 nitrogen and oxygen atoms in total. The number of benzene rings is 1. The average molecular weight is 373 g/mol. The average Bonchev–Trinajstić information content (AvgIpc) is 2.52. The van der Waals surface area contributed by atoms with Crippen LogP contribution in [0.4, 0.5) is 11.4 Å². The van der Waals surface area contributed by atoms with Crippen LogP contribution in [-0.2, 0) is 10.3 Å². The standard InChI is InChI=1S/C12H17N3O4S.C4H12N/c1-19-12-9-10(15(13)20(16,17)18)5-6-11(12)14-7-3-2-4-8-14;1-5(2,3)4/h5-6,9H,2-4,7-8H2,1H3,(H,16,17,18);1-4H3/q;+1. The van der Waals surface area contributed by atoms with Crippen molar-refractivity contribution in [3.05, 3.63) is 23.7 Å². The van der Waals surface area contributed by atoms with Gasteiger partial charge in [-0.3, -0.25) is 0 Å². The maximum atomic E-state index is 10.9. The molecule has 0 aliphatic carbocycles. The highest BCUT2D eigenvalue weighted by Crippen LogP contribution is 2.34. The summed E-state index contributed by atoms with van der Waals surface area (Å²) in [5.41, 5.74) is 10.2. The van der Waals surface area contributed by atoms with Crippen molar-refractivity contribution in [3.8, 4) is 5.75 Å². The van der Waals surface area contributed by atoms with Gasteiger partial charge in [0.2, 0.25) is 5.69 Å². The fraction of sp³-hybridized carbons (Fsp3) is 0.625. The van der Waals surface area contributed by atoms with E-state index in [4.69, 9.17) is 9.29 Å². The third-order valence-electron chi connectivity index (χ3n) is 3.30. The fourth-order valence-electron chi connectivity index (χ4n) is 2.31. The van der Waals surface area contributed by atoms with Crippen molar-refractivity contribution in [2.75, 3.05) is 53.3 Å². The van der Waals surface area contributed by atoms with E-state index in [9.17, 15) is 13.9 Å². The molecule has 2 rings (SSSR count). The molecule has 0 saturated carbocycles. The molecule has 1 aromatic rings. The second-order valence-corrected chi connectivity index (χ2v) is 8.55. The minimum atomic E-state index is -4.70. The zero-order valence-corrected chi connectivity index (χ0v) is 16.5. The molecule has 25 heavy (non-hydrogen) atoms. The van der Waals surface area contributed by atoms with E-state index in [1.54, 1.807) is 6.07 Å². The highest BCUT2D eigenvalue weighted by atomic mass is 32.2. The number of hydrogen-bond donors (Lipinski definition) is 1. The van der Waals surface area contributed by atoms with Crippen LogP contribution in [0.3, 0.4) is 0 Å². The summed E-state index contributed by atoms with van der Waals surface area (Å²) < 4.78 is 36.7. The van der Waals surface area contributed by atoms with Crippen LogP contribution in [0.15, 0.2) is 18.2 Å². The SMILES string of the molecule is COc1cc([N+](=[N-])S(=O)(=O)O)ccc1N1CCCCC1.C[N+](C)(C)C. The lowest BCUT2D eigenvalue weighted by molar-refractivity contribution is -0.849. The molecule has 1 saturated heterocycles.